The van der Waals surface area contributed by atoms with E-state index in [4.69, 9.17) is 10.1 Å². The molecule has 1 saturated carbocycles. The molecule has 1 aliphatic carbocycles. The van der Waals surface area contributed by atoms with E-state index >= 15 is 0 Å². The number of imidazole rings is 1. The second kappa shape index (κ2) is 9.47. The summed E-state index contributed by atoms with van der Waals surface area (Å²) in [7, 11) is 0. The molecule has 2 aromatic heterocycles. The molecule has 0 atom stereocenters. The molecule has 1 aliphatic heterocycles. The van der Waals surface area contributed by atoms with Crippen LogP contribution in [-0.4, -0.2) is 63.5 Å². The molecule has 1 N–H and O–H groups in total. The number of anilines is 2. The second-order valence-electron chi connectivity index (χ2n) is 10.3. The van der Waals surface area contributed by atoms with Gasteiger partial charge in [-0.1, -0.05) is 42.7 Å². The molecule has 3 aromatic rings. The molecule has 0 unspecified atom stereocenters. The van der Waals surface area contributed by atoms with Crippen LogP contribution in [0.1, 0.15) is 52.9 Å². The van der Waals surface area contributed by atoms with E-state index in [1.807, 2.05) is 4.52 Å². The quantitative estimate of drug-likeness (QED) is 0.459. The number of rotatable bonds is 5. The third-order valence-corrected chi connectivity index (χ3v) is 8.44. The predicted molar refractivity (Wildman–Crippen MR) is 142 cm³/mol. The fourth-order valence-corrected chi connectivity index (χ4v) is 6.37. The Morgan fingerprint density at radius 1 is 1.00 bits per heavy atom. The summed E-state index contributed by atoms with van der Waals surface area (Å²) >= 11 is 3.47. The van der Waals surface area contributed by atoms with Crippen molar-refractivity contribution >= 4 is 39.0 Å². The smallest absolute Gasteiger partial charge is 0.216 e. The van der Waals surface area contributed by atoms with Crippen LogP contribution in [0.15, 0.2) is 29.2 Å². The normalized spacial score (nSPS) is 18.8. The van der Waals surface area contributed by atoms with Crippen molar-refractivity contribution in [1.29, 1.82) is 0 Å². The van der Waals surface area contributed by atoms with Crippen LogP contribution in [0.25, 0.3) is 16.2 Å². The summed E-state index contributed by atoms with van der Waals surface area (Å²) in [5.41, 5.74) is 2.02. The molecule has 2 fully saturated rings. The highest BCUT2D eigenvalue weighted by Gasteiger charge is 2.28. The maximum absolute atomic E-state index is 5.05. The van der Waals surface area contributed by atoms with E-state index in [0.29, 0.717) is 0 Å². The molecule has 33 heavy (non-hydrogen) atoms. The van der Waals surface area contributed by atoms with Crippen LogP contribution in [0.3, 0.4) is 0 Å². The van der Waals surface area contributed by atoms with Gasteiger partial charge in [0.2, 0.25) is 10.1 Å². The van der Waals surface area contributed by atoms with Gasteiger partial charge in [0.1, 0.15) is 5.69 Å². The van der Waals surface area contributed by atoms with Gasteiger partial charge in [-0.2, -0.15) is 4.52 Å². The Balaban J connectivity index is 1.39. The van der Waals surface area contributed by atoms with Crippen LogP contribution >= 0.6 is 23.1 Å². The van der Waals surface area contributed by atoms with Gasteiger partial charge in [0.15, 0.2) is 5.82 Å². The van der Waals surface area contributed by atoms with E-state index in [0.717, 1.165) is 59.4 Å². The summed E-state index contributed by atoms with van der Waals surface area (Å²) < 4.78 is 2.02. The lowest BCUT2D eigenvalue weighted by Gasteiger charge is -2.40. The first-order valence-electron chi connectivity index (χ1n) is 12.2. The van der Waals surface area contributed by atoms with Gasteiger partial charge in [-0.05, 0) is 52.0 Å². The fraction of sp³-hybridized carbons (Fsp3) is 0.600. The number of nitrogens with one attached hydrogen (secondary N) is 1. The van der Waals surface area contributed by atoms with Crippen LogP contribution in [0.5, 0.6) is 0 Å². The minimum atomic E-state index is -0.0840. The Kier molecular flexibility index (Phi) is 6.60. The molecule has 5 rings (SSSR count). The van der Waals surface area contributed by atoms with Gasteiger partial charge in [-0.25, -0.2) is 4.98 Å². The second-order valence-corrected chi connectivity index (χ2v) is 12.1. The Morgan fingerprint density at radius 3 is 2.33 bits per heavy atom. The number of piperazine rings is 1. The van der Waals surface area contributed by atoms with Crippen molar-refractivity contribution in [2.75, 3.05) is 42.7 Å². The zero-order chi connectivity index (χ0) is 23.0. The number of aromatic nitrogens is 3. The lowest BCUT2D eigenvalue weighted by molar-refractivity contribution is 0.148. The van der Waals surface area contributed by atoms with Gasteiger partial charge in [-0.3, -0.25) is 4.90 Å². The zero-order valence-corrected chi connectivity index (χ0v) is 21.9. The molecule has 1 saturated heterocycles. The average Bonchev–Trinajstić information content (AvgIpc) is 3.38. The van der Waals surface area contributed by atoms with Crippen molar-refractivity contribution in [3.05, 3.63) is 24.3 Å². The van der Waals surface area contributed by atoms with Gasteiger partial charge in [0.25, 0.3) is 0 Å². The Hall–Kier alpha value is -1.77. The topological polar surface area (TPSA) is 48.7 Å². The highest BCUT2D eigenvalue weighted by Crippen LogP contribution is 2.36. The number of hydrogen-bond acceptors (Lipinski definition) is 7. The molecular weight excluding hydrogens is 448 g/mol. The van der Waals surface area contributed by atoms with Crippen LogP contribution in [0.2, 0.25) is 0 Å². The van der Waals surface area contributed by atoms with E-state index < -0.39 is 0 Å². The largest absolute Gasteiger partial charge is 0.364 e. The molecule has 178 valence electrons. The number of benzene rings is 1. The number of hydrogen-bond donors (Lipinski definition) is 1. The van der Waals surface area contributed by atoms with E-state index in [2.05, 4.69) is 66.4 Å². The molecular formula is C25H36N6S2. The summed E-state index contributed by atoms with van der Waals surface area (Å²) in [4.78, 5) is 12.4. The summed E-state index contributed by atoms with van der Waals surface area (Å²) in [6.45, 7) is 11.0. The van der Waals surface area contributed by atoms with Crippen molar-refractivity contribution in [1.82, 2.24) is 19.5 Å². The van der Waals surface area contributed by atoms with Crippen LogP contribution in [-0.2, 0) is 0 Å². The molecule has 3 heterocycles. The third-order valence-electron chi connectivity index (χ3n) is 6.73. The first-order chi connectivity index (χ1) is 15.9. The van der Waals surface area contributed by atoms with Crippen molar-refractivity contribution in [3.8, 4) is 11.3 Å². The van der Waals surface area contributed by atoms with Gasteiger partial charge < -0.3 is 10.2 Å². The lowest BCUT2D eigenvalue weighted by Crippen LogP contribution is -2.50. The fourth-order valence-electron chi connectivity index (χ4n) is 5.01. The van der Waals surface area contributed by atoms with Gasteiger partial charge >= 0.3 is 0 Å². The molecule has 0 spiro atoms. The number of thioether (sulfide) groups is 1. The van der Waals surface area contributed by atoms with Gasteiger partial charge in [0.05, 0.1) is 0 Å². The first-order valence-corrected chi connectivity index (χ1v) is 14.3. The molecule has 0 radical (unpaired) electrons. The number of fused-ring (bicyclic) bond motifs is 1. The molecule has 1 aromatic carbocycles. The molecule has 2 aliphatic rings. The predicted octanol–water partition coefficient (Wildman–Crippen LogP) is 5.84. The van der Waals surface area contributed by atoms with Crippen molar-refractivity contribution in [2.24, 2.45) is 0 Å². The Morgan fingerprint density at radius 2 is 1.70 bits per heavy atom. The Bertz CT molecular complexity index is 1070. The summed E-state index contributed by atoms with van der Waals surface area (Å²) in [6.07, 6.45) is 9.10. The SMILES string of the molecule is CSc1ccc(-c2nc3sc(N4CCN(C5CCCCC5)CC4)nn3c2NC(C)(C)C)cc1. The van der Waals surface area contributed by atoms with Crippen molar-refractivity contribution < 1.29 is 0 Å². The monoisotopic (exact) mass is 484 g/mol. The minimum Gasteiger partial charge on any atom is -0.364 e. The number of nitrogens with zero attached hydrogens (tertiary/aromatic N) is 5. The average molecular weight is 485 g/mol. The summed E-state index contributed by atoms with van der Waals surface area (Å²) in [5.74, 6) is 0.984. The third kappa shape index (κ3) is 5.03. The van der Waals surface area contributed by atoms with E-state index in [9.17, 15) is 0 Å². The first kappa shape index (κ1) is 23.0. The molecule has 8 heteroatoms. The van der Waals surface area contributed by atoms with Gasteiger partial charge in [0, 0.05) is 48.2 Å². The molecule has 0 amide bonds. The summed E-state index contributed by atoms with van der Waals surface area (Å²) in [5, 5.41) is 9.82. The molecule has 0 bridgehead atoms. The highest BCUT2D eigenvalue weighted by atomic mass is 32.2. The summed E-state index contributed by atoms with van der Waals surface area (Å²) in [6, 6.07) is 9.46. The maximum Gasteiger partial charge on any atom is 0.216 e. The minimum absolute atomic E-state index is 0.0840. The zero-order valence-electron chi connectivity index (χ0n) is 20.3. The van der Waals surface area contributed by atoms with Gasteiger partial charge in [-0.15, -0.1) is 16.9 Å². The van der Waals surface area contributed by atoms with Crippen molar-refractivity contribution in [2.45, 2.75) is 69.4 Å². The highest BCUT2D eigenvalue weighted by molar-refractivity contribution is 7.98. The van der Waals surface area contributed by atoms with Crippen molar-refractivity contribution in [3.63, 3.8) is 0 Å². The van der Waals surface area contributed by atoms with E-state index in [1.165, 1.54) is 37.0 Å². The Labute approximate surface area is 205 Å². The standard InChI is InChI=1S/C25H36N6S2/c1-25(2,3)27-22-21(18-10-12-20(32-4)13-11-18)26-23-31(22)28-24(33-23)30-16-14-29(15-17-30)19-8-6-5-7-9-19/h10-13,19,27H,5-9,14-17H2,1-4H3. The van der Waals surface area contributed by atoms with Crippen LogP contribution in [0, 0.1) is 0 Å². The van der Waals surface area contributed by atoms with E-state index in [-0.39, 0.29) is 5.54 Å². The maximum atomic E-state index is 5.05. The van der Waals surface area contributed by atoms with Crippen LogP contribution < -0.4 is 10.2 Å². The van der Waals surface area contributed by atoms with E-state index in [1.54, 1.807) is 23.1 Å². The van der Waals surface area contributed by atoms with Crippen LogP contribution in [0.4, 0.5) is 10.9 Å². The molecule has 6 nitrogen and oxygen atoms in total. The lowest BCUT2D eigenvalue weighted by atomic mass is 9.94.